The van der Waals surface area contributed by atoms with Crippen molar-refractivity contribution < 1.29 is 9.47 Å². The highest BCUT2D eigenvalue weighted by Gasteiger charge is 2.25. The van der Waals surface area contributed by atoms with Gasteiger partial charge in [0.25, 0.3) is 0 Å². The van der Waals surface area contributed by atoms with Gasteiger partial charge in [-0.2, -0.15) is 0 Å². The molecule has 0 radical (unpaired) electrons. The smallest absolute Gasteiger partial charge is 0.122 e. The number of ether oxygens (including phenoxy) is 2. The molecule has 6 heteroatoms. The molecule has 2 aliphatic heterocycles. The summed E-state index contributed by atoms with van der Waals surface area (Å²) in [5.41, 5.74) is 1.26. The second-order valence-electron chi connectivity index (χ2n) is 6.18. The highest BCUT2D eigenvalue weighted by Crippen LogP contribution is 2.24. The maximum Gasteiger partial charge on any atom is 0.122 e. The van der Waals surface area contributed by atoms with Gasteiger partial charge in [-0.3, -0.25) is 9.80 Å². The van der Waals surface area contributed by atoms with Gasteiger partial charge in [0.2, 0.25) is 0 Å². The number of benzene rings is 1. The van der Waals surface area contributed by atoms with Gasteiger partial charge in [-0.15, -0.1) is 12.4 Å². The van der Waals surface area contributed by atoms with Crippen LogP contribution in [-0.2, 0) is 6.54 Å². The number of nitrogens with one attached hydrogen (secondary N) is 1. The summed E-state index contributed by atoms with van der Waals surface area (Å²) in [4.78, 5) is 5.16. The number of halogens is 1. The summed E-state index contributed by atoms with van der Waals surface area (Å²) in [7, 11) is 3.40. The Kier molecular flexibility index (Phi) is 6.96. The van der Waals surface area contributed by atoms with E-state index in [1.54, 1.807) is 14.2 Å². The molecule has 3 rings (SSSR count). The lowest BCUT2D eigenvalue weighted by molar-refractivity contribution is 0.0980. The molecule has 1 aromatic rings. The second-order valence-corrected chi connectivity index (χ2v) is 6.18. The van der Waals surface area contributed by atoms with Crippen LogP contribution >= 0.6 is 12.4 Å². The molecule has 0 saturated carbocycles. The van der Waals surface area contributed by atoms with Crippen LogP contribution < -0.4 is 14.8 Å². The highest BCUT2D eigenvalue weighted by atomic mass is 35.5. The minimum atomic E-state index is 0. The quantitative estimate of drug-likeness (QED) is 0.880. The number of hydrogen-bond donors (Lipinski definition) is 1. The van der Waals surface area contributed by atoms with Crippen molar-refractivity contribution in [2.75, 3.05) is 53.5 Å². The van der Waals surface area contributed by atoms with Crippen LogP contribution in [0.1, 0.15) is 12.0 Å². The van der Waals surface area contributed by atoms with Crippen LogP contribution in [0.3, 0.4) is 0 Å². The summed E-state index contributed by atoms with van der Waals surface area (Å²) in [6.45, 7) is 7.92. The Morgan fingerprint density at radius 2 is 1.70 bits per heavy atom. The van der Waals surface area contributed by atoms with E-state index < -0.39 is 0 Å². The Morgan fingerprint density at radius 1 is 1.04 bits per heavy atom. The number of rotatable bonds is 5. The zero-order valence-corrected chi connectivity index (χ0v) is 14.9. The molecule has 5 nitrogen and oxygen atoms in total. The molecule has 2 aliphatic rings. The monoisotopic (exact) mass is 341 g/mol. The van der Waals surface area contributed by atoms with Gasteiger partial charge < -0.3 is 14.8 Å². The second kappa shape index (κ2) is 8.73. The molecule has 0 aliphatic carbocycles. The van der Waals surface area contributed by atoms with Gasteiger partial charge in [0.05, 0.1) is 14.2 Å². The summed E-state index contributed by atoms with van der Waals surface area (Å²) in [6.07, 6.45) is 1.30. The molecule has 1 aromatic carbocycles. The van der Waals surface area contributed by atoms with E-state index in [2.05, 4.69) is 27.2 Å². The molecule has 0 bridgehead atoms. The molecule has 1 atom stereocenters. The molecule has 2 fully saturated rings. The topological polar surface area (TPSA) is 37.0 Å². The van der Waals surface area contributed by atoms with Crippen molar-refractivity contribution in [1.82, 2.24) is 15.1 Å². The summed E-state index contributed by atoms with van der Waals surface area (Å²) in [5.74, 6) is 1.73. The summed E-state index contributed by atoms with van der Waals surface area (Å²) < 4.78 is 10.7. The van der Waals surface area contributed by atoms with Gasteiger partial charge in [0.15, 0.2) is 0 Å². The molecule has 2 saturated heterocycles. The molecular formula is C17H28ClN3O2. The zero-order valence-electron chi connectivity index (χ0n) is 14.1. The minimum Gasteiger partial charge on any atom is -0.497 e. The summed E-state index contributed by atoms with van der Waals surface area (Å²) in [6, 6.07) is 6.89. The van der Waals surface area contributed by atoms with E-state index >= 15 is 0 Å². The van der Waals surface area contributed by atoms with E-state index in [0.717, 1.165) is 43.7 Å². The first-order chi connectivity index (χ1) is 10.8. The van der Waals surface area contributed by atoms with Crippen molar-refractivity contribution in [3.05, 3.63) is 23.8 Å². The van der Waals surface area contributed by atoms with Gasteiger partial charge in [0.1, 0.15) is 11.5 Å². The van der Waals surface area contributed by atoms with Crippen LogP contribution in [0.25, 0.3) is 0 Å². The first-order valence-electron chi connectivity index (χ1n) is 8.17. The predicted molar refractivity (Wildman–Crippen MR) is 94.9 cm³/mol. The van der Waals surface area contributed by atoms with Gasteiger partial charge in [-0.25, -0.2) is 0 Å². The van der Waals surface area contributed by atoms with Crippen LogP contribution in [0.5, 0.6) is 11.5 Å². The molecular weight excluding hydrogens is 314 g/mol. The van der Waals surface area contributed by atoms with Gasteiger partial charge in [-0.05, 0) is 30.7 Å². The molecule has 0 amide bonds. The van der Waals surface area contributed by atoms with Crippen molar-refractivity contribution in [3.8, 4) is 11.5 Å². The average Bonchev–Trinajstić information content (AvgIpc) is 3.09. The van der Waals surface area contributed by atoms with E-state index in [4.69, 9.17) is 9.47 Å². The fourth-order valence-electron chi connectivity index (χ4n) is 3.45. The third-order valence-electron chi connectivity index (χ3n) is 4.77. The Hall–Kier alpha value is -1.01. The summed E-state index contributed by atoms with van der Waals surface area (Å²) in [5, 5.41) is 3.46. The molecule has 0 spiro atoms. The number of piperazine rings is 1. The fourth-order valence-corrected chi connectivity index (χ4v) is 3.45. The zero-order chi connectivity index (χ0) is 15.4. The van der Waals surface area contributed by atoms with E-state index in [1.165, 1.54) is 31.6 Å². The van der Waals surface area contributed by atoms with Gasteiger partial charge in [-0.1, -0.05) is 0 Å². The normalized spacial score (nSPS) is 22.6. The van der Waals surface area contributed by atoms with E-state index in [1.807, 2.05) is 6.07 Å². The van der Waals surface area contributed by atoms with Crippen molar-refractivity contribution in [1.29, 1.82) is 0 Å². The summed E-state index contributed by atoms with van der Waals surface area (Å²) >= 11 is 0. The van der Waals surface area contributed by atoms with Crippen molar-refractivity contribution >= 4 is 12.4 Å². The maximum atomic E-state index is 5.36. The third kappa shape index (κ3) is 4.73. The first-order valence-corrected chi connectivity index (χ1v) is 8.17. The number of methoxy groups -OCH3 is 2. The van der Waals surface area contributed by atoms with Crippen molar-refractivity contribution in [2.24, 2.45) is 0 Å². The number of hydrogen-bond acceptors (Lipinski definition) is 5. The minimum absolute atomic E-state index is 0. The van der Waals surface area contributed by atoms with E-state index in [9.17, 15) is 0 Å². The Morgan fingerprint density at radius 3 is 2.22 bits per heavy atom. The lowest BCUT2D eigenvalue weighted by Crippen LogP contribution is -2.50. The maximum absolute atomic E-state index is 5.36. The molecule has 1 N–H and O–H groups in total. The largest absolute Gasteiger partial charge is 0.497 e. The average molecular weight is 342 g/mol. The Balaban J connectivity index is 0.00000192. The number of nitrogens with zero attached hydrogens (tertiary/aromatic N) is 2. The van der Waals surface area contributed by atoms with Crippen molar-refractivity contribution in [2.45, 2.75) is 19.0 Å². The Bertz CT molecular complexity index is 464. The molecule has 2 heterocycles. The van der Waals surface area contributed by atoms with Crippen LogP contribution in [-0.4, -0.2) is 69.3 Å². The Labute approximate surface area is 145 Å². The third-order valence-corrected chi connectivity index (χ3v) is 4.77. The molecule has 130 valence electrons. The standard InChI is InChI=1S/C17H27N3O2.ClH/c1-21-16-9-14(10-17(11-16)22-2)13-19-5-7-20(8-6-19)15-3-4-18-12-15;/h9-11,15,18H,3-8,12-13H2,1-2H3;1H. The SMILES string of the molecule is COc1cc(CN2CCN(C3CCNC3)CC2)cc(OC)c1.Cl. The van der Waals surface area contributed by atoms with E-state index in [0.29, 0.717) is 0 Å². The highest BCUT2D eigenvalue weighted by molar-refractivity contribution is 5.85. The predicted octanol–water partition coefficient (Wildman–Crippen LogP) is 1.61. The lowest BCUT2D eigenvalue weighted by atomic mass is 10.1. The fraction of sp³-hybridized carbons (Fsp3) is 0.647. The van der Waals surface area contributed by atoms with Gasteiger partial charge >= 0.3 is 0 Å². The molecule has 1 unspecified atom stereocenters. The van der Waals surface area contributed by atoms with Gasteiger partial charge in [0, 0.05) is 51.4 Å². The van der Waals surface area contributed by atoms with Crippen LogP contribution in [0.2, 0.25) is 0 Å². The van der Waals surface area contributed by atoms with E-state index in [-0.39, 0.29) is 12.4 Å². The van der Waals surface area contributed by atoms with Crippen molar-refractivity contribution in [3.63, 3.8) is 0 Å². The van der Waals surface area contributed by atoms with Crippen LogP contribution in [0, 0.1) is 0 Å². The molecule has 23 heavy (non-hydrogen) atoms. The van der Waals surface area contributed by atoms with Crippen LogP contribution in [0.15, 0.2) is 18.2 Å². The lowest BCUT2D eigenvalue weighted by Gasteiger charge is -2.37. The molecule has 0 aromatic heterocycles. The first kappa shape index (κ1) is 18.3. The van der Waals surface area contributed by atoms with Crippen LogP contribution in [0.4, 0.5) is 0 Å².